The van der Waals surface area contributed by atoms with Crippen LogP contribution in [0.4, 0.5) is 21.5 Å². The van der Waals surface area contributed by atoms with E-state index in [1.54, 1.807) is 24.4 Å². The van der Waals surface area contributed by atoms with Crippen LogP contribution in [0, 0.1) is 5.82 Å². The Hall–Kier alpha value is -2.73. The quantitative estimate of drug-likeness (QED) is 0.665. The Labute approximate surface area is 146 Å². The number of pyridine rings is 1. The third-order valence-corrected chi connectivity index (χ3v) is 3.92. The van der Waals surface area contributed by atoms with E-state index in [9.17, 15) is 9.18 Å². The molecule has 1 aromatic heterocycles. The fourth-order valence-electron chi connectivity index (χ4n) is 2.11. The lowest BCUT2D eigenvalue weighted by molar-refractivity contribution is 0.102. The van der Waals surface area contributed by atoms with Gasteiger partial charge in [0.2, 0.25) is 0 Å². The van der Waals surface area contributed by atoms with E-state index >= 15 is 0 Å². The average molecular weight is 386 g/mol. The maximum absolute atomic E-state index is 13.2. The van der Waals surface area contributed by atoms with Crippen LogP contribution in [-0.2, 0) is 0 Å². The van der Waals surface area contributed by atoms with Crippen molar-refractivity contribution in [2.24, 2.45) is 0 Å². The minimum absolute atomic E-state index is 0.233. The summed E-state index contributed by atoms with van der Waals surface area (Å²) in [5.41, 5.74) is 2.21. The highest BCUT2D eigenvalue weighted by Crippen LogP contribution is 2.25. The molecule has 2 aromatic carbocycles. The van der Waals surface area contributed by atoms with Crippen molar-refractivity contribution >= 4 is 38.9 Å². The van der Waals surface area contributed by atoms with E-state index in [0.717, 1.165) is 15.8 Å². The molecule has 2 N–H and O–H groups in total. The maximum atomic E-state index is 13.2. The number of para-hydroxylation sites is 1. The molecule has 0 spiro atoms. The van der Waals surface area contributed by atoms with Gasteiger partial charge in [0, 0.05) is 22.0 Å². The minimum Gasteiger partial charge on any atom is -0.354 e. The average Bonchev–Trinajstić information content (AvgIpc) is 2.57. The molecule has 4 nitrogen and oxygen atoms in total. The van der Waals surface area contributed by atoms with Gasteiger partial charge in [-0.1, -0.05) is 18.2 Å². The molecule has 0 fully saturated rings. The molecular formula is C18H13BrFN3O. The van der Waals surface area contributed by atoms with E-state index < -0.39 is 11.7 Å². The number of hydrogen-bond donors (Lipinski definition) is 2. The molecule has 0 bridgehead atoms. The number of halogens is 2. The molecule has 24 heavy (non-hydrogen) atoms. The number of nitrogens with zero attached hydrogens (tertiary/aromatic N) is 1. The number of carbonyl (C=O) groups is 1. The van der Waals surface area contributed by atoms with Crippen LogP contribution in [-0.4, -0.2) is 10.9 Å². The van der Waals surface area contributed by atoms with Crippen LogP contribution >= 0.6 is 15.9 Å². The van der Waals surface area contributed by atoms with Crippen molar-refractivity contribution in [3.8, 4) is 0 Å². The molecule has 120 valence electrons. The van der Waals surface area contributed by atoms with Crippen molar-refractivity contribution in [3.63, 3.8) is 0 Å². The Morgan fingerprint density at radius 1 is 1.00 bits per heavy atom. The number of nitrogens with one attached hydrogen (secondary N) is 2. The number of rotatable bonds is 4. The van der Waals surface area contributed by atoms with Gasteiger partial charge in [-0.2, -0.15) is 0 Å². The van der Waals surface area contributed by atoms with E-state index in [1.165, 1.54) is 18.2 Å². The van der Waals surface area contributed by atoms with Gasteiger partial charge >= 0.3 is 0 Å². The van der Waals surface area contributed by atoms with Crippen LogP contribution in [0.15, 0.2) is 71.3 Å². The number of amides is 1. The van der Waals surface area contributed by atoms with E-state index in [-0.39, 0.29) is 5.69 Å². The number of carbonyl (C=O) groups excluding carboxylic acids is 1. The molecule has 0 unspecified atom stereocenters. The van der Waals surface area contributed by atoms with Crippen molar-refractivity contribution < 1.29 is 9.18 Å². The van der Waals surface area contributed by atoms with Crippen molar-refractivity contribution in [1.82, 2.24) is 4.98 Å². The second-order valence-corrected chi connectivity index (χ2v) is 5.85. The SMILES string of the molecule is O=C(Nc1cccc(F)c1)c1cc(Nc2ccccc2Br)ccn1. The Kier molecular flexibility index (Phi) is 4.86. The first-order valence-electron chi connectivity index (χ1n) is 7.16. The molecule has 0 aliphatic carbocycles. The highest BCUT2D eigenvalue weighted by Gasteiger charge is 2.09. The van der Waals surface area contributed by atoms with Gasteiger partial charge in [-0.25, -0.2) is 4.39 Å². The van der Waals surface area contributed by atoms with Gasteiger partial charge < -0.3 is 10.6 Å². The smallest absolute Gasteiger partial charge is 0.274 e. The predicted octanol–water partition coefficient (Wildman–Crippen LogP) is 4.98. The van der Waals surface area contributed by atoms with Gasteiger partial charge in [0.15, 0.2) is 0 Å². The van der Waals surface area contributed by atoms with Gasteiger partial charge in [0.25, 0.3) is 5.91 Å². The molecule has 3 aromatic rings. The van der Waals surface area contributed by atoms with Crippen molar-refractivity contribution in [1.29, 1.82) is 0 Å². The standard InChI is InChI=1S/C18H13BrFN3O/c19-15-6-1-2-7-16(15)22-14-8-9-21-17(11-14)18(24)23-13-5-3-4-12(20)10-13/h1-11H,(H,21,22)(H,23,24). The van der Waals surface area contributed by atoms with Crippen LogP contribution in [0.25, 0.3) is 0 Å². The first-order valence-corrected chi connectivity index (χ1v) is 7.95. The van der Waals surface area contributed by atoms with Crippen LogP contribution in [0.2, 0.25) is 0 Å². The third-order valence-electron chi connectivity index (χ3n) is 3.23. The van der Waals surface area contributed by atoms with Crippen LogP contribution < -0.4 is 10.6 Å². The van der Waals surface area contributed by atoms with Gasteiger partial charge in [-0.15, -0.1) is 0 Å². The minimum atomic E-state index is -0.412. The monoisotopic (exact) mass is 385 g/mol. The summed E-state index contributed by atoms with van der Waals surface area (Å²) < 4.78 is 14.1. The first-order chi connectivity index (χ1) is 11.6. The van der Waals surface area contributed by atoms with Crippen molar-refractivity contribution in [3.05, 3.63) is 82.8 Å². The fraction of sp³-hybridized carbons (Fsp3) is 0. The van der Waals surface area contributed by atoms with Gasteiger partial charge in [0.1, 0.15) is 11.5 Å². The summed E-state index contributed by atoms with van der Waals surface area (Å²) in [4.78, 5) is 16.3. The summed E-state index contributed by atoms with van der Waals surface area (Å²) in [6, 6.07) is 16.8. The summed E-state index contributed by atoms with van der Waals surface area (Å²) in [6.07, 6.45) is 1.54. The molecule has 6 heteroatoms. The van der Waals surface area contributed by atoms with Gasteiger partial charge in [0.05, 0.1) is 5.69 Å². The van der Waals surface area contributed by atoms with E-state index in [0.29, 0.717) is 5.69 Å². The number of aromatic nitrogens is 1. The highest BCUT2D eigenvalue weighted by atomic mass is 79.9. The van der Waals surface area contributed by atoms with E-state index in [4.69, 9.17) is 0 Å². The van der Waals surface area contributed by atoms with Gasteiger partial charge in [-0.05, 0) is 58.4 Å². The molecule has 3 rings (SSSR count). The van der Waals surface area contributed by atoms with Crippen LogP contribution in [0.5, 0.6) is 0 Å². The van der Waals surface area contributed by atoms with Crippen molar-refractivity contribution in [2.75, 3.05) is 10.6 Å². The second-order valence-electron chi connectivity index (χ2n) is 5.00. The zero-order chi connectivity index (χ0) is 16.9. The second kappa shape index (κ2) is 7.23. The van der Waals surface area contributed by atoms with E-state index in [1.807, 2.05) is 24.3 Å². The number of anilines is 3. The Balaban J connectivity index is 1.77. The van der Waals surface area contributed by atoms with E-state index in [2.05, 4.69) is 31.5 Å². The number of benzene rings is 2. The fourth-order valence-corrected chi connectivity index (χ4v) is 2.50. The number of hydrogen-bond acceptors (Lipinski definition) is 3. The summed E-state index contributed by atoms with van der Waals surface area (Å²) in [7, 11) is 0. The molecule has 0 aliphatic rings. The largest absolute Gasteiger partial charge is 0.354 e. The van der Waals surface area contributed by atoms with Crippen LogP contribution in [0.3, 0.4) is 0 Å². The lowest BCUT2D eigenvalue weighted by atomic mass is 10.2. The highest BCUT2D eigenvalue weighted by molar-refractivity contribution is 9.10. The maximum Gasteiger partial charge on any atom is 0.274 e. The normalized spacial score (nSPS) is 10.2. The summed E-state index contributed by atoms with van der Waals surface area (Å²) >= 11 is 3.46. The lowest BCUT2D eigenvalue weighted by Crippen LogP contribution is -2.13. The molecule has 0 radical (unpaired) electrons. The Morgan fingerprint density at radius 3 is 2.62 bits per heavy atom. The molecule has 0 saturated heterocycles. The summed E-state index contributed by atoms with van der Waals surface area (Å²) in [5, 5.41) is 5.84. The molecule has 0 aliphatic heterocycles. The van der Waals surface area contributed by atoms with Crippen LogP contribution in [0.1, 0.15) is 10.5 Å². The zero-order valence-corrected chi connectivity index (χ0v) is 14.0. The zero-order valence-electron chi connectivity index (χ0n) is 12.5. The molecule has 1 amide bonds. The van der Waals surface area contributed by atoms with Gasteiger partial charge in [-0.3, -0.25) is 9.78 Å². The Morgan fingerprint density at radius 2 is 1.83 bits per heavy atom. The predicted molar refractivity (Wildman–Crippen MR) is 96.0 cm³/mol. The molecule has 0 atom stereocenters. The Bertz CT molecular complexity index is 885. The molecule has 1 heterocycles. The molecular weight excluding hydrogens is 373 g/mol. The first kappa shape index (κ1) is 16.1. The molecule has 0 saturated carbocycles. The van der Waals surface area contributed by atoms with Crippen molar-refractivity contribution in [2.45, 2.75) is 0 Å². The third kappa shape index (κ3) is 3.97. The summed E-state index contributed by atoms with van der Waals surface area (Å²) in [6.45, 7) is 0. The topological polar surface area (TPSA) is 54.0 Å². The lowest BCUT2D eigenvalue weighted by Gasteiger charge is -2.10. The summed E-state index contributed by atoms with van der Waals surface area (Å²) in [5.74, 6) is -0.818.